The van der Waals surface area contributed by atoms with Gasteiger partial charge in [-0.2, -0.15) is 0 Å². The Hall–Kier alpha value is -2.73. The van der Waals surface area contributed by atoms with Crippen molar-refractivity contribution >= 4 is 29.7 Å². The molecule has 4 saturated heterocycles. The molecule has 0 amide bonds. The summed E-state index contributed by atoms with van der Waals surface area (Å²) in [5.74, 6) is -5.20. The zero-order valence-corrected chi connectivity index (χ0v) is 34.6. The second-order valence-electron chi connectivity index (χ2n) is 16.5. The Morgan fingerprint density at radius 1 is 0.873 bits per heavy atom. The molecule has 314 valence electrons. The summed E-state index contributed by atoms with van der Waals surface area (Å²) in [6, 6.07) is -0.638. The minimum absolute atomic E-state index is 0.00537. The van der Waals surface area contributed by atoms with Crippen LogP contribution in [0, 0.1) is 23.7 Å². The summed E-state index contributed by atoms with van der Waals surface area (Å²) in [5, 5.41) is 0. The van der Waals surface area contributed by atoms with E-state index in [0.717, 1.165) is 0 Å². The maximum absolute atomic E-state index is 14.4. The lowest BCUT2D eigenvalue weighted by atomic mass is 9.74. The van der Waals surface area contributed by atoms with Gasteiger partial charge in [0.25, 0.3) is 0 Å². The number of ether oxygens (including phenoxy) is 10. The van der Waals surface area contributed by atoms with Gasteiger partial charge in [0.1, 0.15) is 23.6 Å². The Morgan fingerprint density at radius 3 is 2.11 bits per heavy atom. The summed E-state index contributed by atoms with van der Waals surface area (Å²) in [6.45, 7) is 18.3. The molecule has 17 atom stereocenters. The molecule has 0 aromatic rings. The number of fused-ring (bicyclic) bond motifs is 1. The number of cyclic esters (lactones) is 1. The highest BCUT2D eigenvalue weighted by Crippen LogP contribution is 2.43. The first-order valence-electron chi connectivity index (χ1n) is 19.4. The van der Waals surface area contributed by atoms with Crippen LogP contribution in [0.2, 0.25) is 0 Å². The van der Waals surface area contributed by atoms with E-state index in [1.807, 2.05) is 6.92 Å². The van der Waals surface area contributed by atoms with E-state index < -0.39 is 114 Å². The molecule has 0 saturated carbocycles. The zero-order chi connectivity index (χ0) is 41.4. The minimum Gasteiger partial charge on any atom is -0.458 e. The number of Topliss-reactive ketones (excluding diaryl/α,β-unsaturated/α-hetero) is 2. The van der Waals surface area contributed by atoms with E-state index in [2.05, 4.69) is 0 Å². The first-order chi connectivity index (χ1) is 25.5. The molecule has 16 heteroatoms. The van der Waals surface area contributed by atoms with Crippen LogP contribution in [0.5, 0.6) is 0 Å². The van der Waals surface area contributed by atoms with Gasteiger partial charge in [0, 0.05) is 45.4 Å². The SMILES string of the molecule is CC[C@H]1OC(=O)[C@H](C)[C@@H](O[C@H]2C[C@@](C)(OC)C(=O)[C@H](C)O2)[C@H](C)[C@@H](O[C@@H]2O[C@H](C)C[C@H](N)[C@H]2OC(C)=O)[C@@](C)(OC)C[C@@H](C)C(=O)[C@H](C)[C@H]2OC(=O)O[C@@]21C. The van der Waals surface area contributed by atoms with E-state index in [-0.39, 0.29) is 36.9 Å². The van der Waals surface area contributed by atoms with Gasteiger partial charge in [0.15, 0.2) is 36.2 Å². The molecule has 0 spiro atoms. The van der Waals surface area contributed by atoms with Gasteiger partial charge >= 0.3 is 18.1 Å². The number of ketones is 2. The van der Waals surface area contributed by atoms with E-state index in [1.54, 1.807) is 62.3 Å². The molecule has 4 rings (SSSR count). The van der Waals surface area contributed by atoms with Crippen molar-refractivity contribution in [3.8, 4) is 0 Å². The van der Waals surface area contributed by atoms with Crippen LogP contribution in [0.1, 0.15) is 102 Å². The minimum atomic E-state index is -1.50. The quantitative estimate of drug-likeness (QED) is 0.275. The van der Waals surface area contributed by atoms with Crippen LogP contribution in [0.15, 0.2) is 0 Å². The number of hydrogen-bond acceptors (Lipinski definition) is 16. The summed E-state index contributed by atoms with van der Waals surface area (Å²) < 4.78 is 61.0. The lowest BCUT2D eigenvalue weighted by molar-refractivity contribution is -0.306. The summed E-state index contributed by atoms with van der Waals surface area (Å²) >= 11 is 0. The Kier molecular flexibility index (Phi) is 14.2. The van der Waals surface area contributed by atoms with Gasteiger partial charge in [0.05, 0.1) is 35.7 Å². The van der Waals surface area contributed by atoms with Crippen molar-refractivity contribution < 1.29 is 71.3 Å². The van der Waals surface area contributed by atoms with Crippen LogP contribution in [0.4, 0.5) is 4.79 Å². The molecule has 4 aliphatic heterocycles. The third-order valence-electron chi connectivity index (χ3n) is 12.2. The van der Waals surface area contributed by atoms with Gasteiger partial charge in [-0.3, -0.25) is 19.2 Å². The summed E-state index contributed by atoms with van der Waals surface area (Å²) in [7, 11) is 2.92. The van der Waals surface area contributed by atoms with E-state index in [4.69, 9.17) is 53.1 Å². The number of hydrogen-bond donors (Lipinski definition) is 1. The van der Waals surface area contributed by atoms with Crippen LogP contribution >= 0.6 is 0 Å². The third-order valence-corrected chi connectivity index (χ3v) is 12.2. The number of methoxy groups -OCH3 is 2. The van der Waals surface area contributed by atoms with Gasteiger partial charge in [0.2, 0.25) is 0 Å². The van der Waals surface area contributed by atoms with E-state index in [1.165, 1.54) is 21.1 Å². The van der Waals surface area contributed by atoms with Crippen molar-refractivity contribution in [3.05, 3.63) is 0 Å². The maximum atomic E-state index is 14.4. The van der Waals surface area contributed by atoms with Crippen molar-refractivity contribution in [2.45, 2.75) is 180 Å². The van der Waals surface area contributed by atoms with Crippen LogP contribution in [-0.2, 0) is 66.5 Å². The number of nitrogens with two attached hydrogens (primary N) is 1. The first kappa shape index (κ1) is 45.0. The molecule has 0 unspecified atom stereocenters. The van der Waals surface area contributed by atoms with Crippen LogP contribution < -0.4 is 5.73 Å². The lowest BCUT2D eigenvalue weighted by Crippen LogP contribution is -2.61. The molecule has 0 radical (unpaired) electrons. The van der Waals surface area contributed by atoms with E-state index in [9.17, 15) is 24.0 Å². The lowest BCUT2D eigenvalue weighted by Gasteiger charge is -2.48. The monoisotopic (exact) mass is 785 g/mol. The highest BCUT2D eigenvalue weighted by Gasteiger charge is 2.59. The molecule has 2 N–H and O–H groups in total. The number of rotatable bonds is 8. The molecular weight excluding hydrogens is 722 g/mol. The van der Waals surface area contributed by atoms with Gasteiger partial charge in [-0.25, -0.2) is 4.79 Å². The predicted molar refractivity (Wildman–Crippen MR) is 193 cm³/mol. The number of carbonyl (C=O) groups excluding carboxylic acids is 5. The van der Waals surface area contributed by atoms with Crippen LogP contribution in [0.25, 0.3) is 0 Å². The Morgan fingerprint density at radius 2 is 1.53 bits per heavy atom. The molecule has 55 heavy (non-hydrogen) atoms. The average Bonchev–Trinajstić information content (AvgIpc) is 3.43. The Balaban J connectivity index is 1.89. The van der Waals surface area contributed by atoms with E-state index in [0.29, 0.717) is 6.42 Å². The fraction of sp³-hybridized carbons (Fsp3) is 0.872. The predicted octanol–water partition coefficient (Wildman–Crippen LogP) is 3.80. The average molecular weight is 786 g/mol. The third kappa shape index (κ3) is 9.21. The molecule has 0 bridgehead atoms. The number of carbonyl (C=O) groups is 5. The van der Waals surface area contributed by atoms with Gasteiger partial charge in [-0.1, -0.05) is 27.7 Å². The second kappa shape index (κ2) is 17.4. The van der Waals surface area contributed by atoms with Crippen LogP contribution in [0.3, 0.4) is 0 Å². The molecule has 4 fully saturated rings. The topological polar surface area (TPSA) is 204 Å². The van der Waals surface area contributed by atoms with Crippen molar-refractivity contribution in [2.24, 2.45) is 29.4 Å². The van der Waals surface area contributed by atoms with Crippen LogP contribution in [-0.4, -0.2) is 122 Å². The molecule has 0 aliphatic carbocycles. The van der Waals surface area contributed by atoms with Crippen molar-refractivity contribution in [1.29, 1.82) is 0 Å². The molecule has 4 heterocycles. The largest absolute Gasteiger partial charge is 0.509 e. The smallest absolute Gasteiger partial charge is 0.458 e. The van der Waals surface area contributed by atoms with Gasteiger partial charge in [-0.05, 0) is 60.8 Å². The standard InChI is InChI=1S/C39H63NO15/c1-14-26-39(11)33(54-36(45)55-39)20(4)28(42)18(2)16-38(10,47-13)32(53-35-30(50-24(8)41)25(40)15-19(3)48-35)21(5)29(22(6)34(44)51-26)52-27-17-37(9,46-12)31(43)23(7)49-27/h18-23,25-27,29-30,32-33,35H,14-17,40H2,1-13H3/t18-,19-,20+,21+,22-,23+,25+,26-,27+,29+,30-,32-,33-,35+,37-,38+,39-/m1/s1. The molecule has 4 aliphatic rings. The normalized spacial score (nSPS) is 46.1. The number of esters is 2. The fourth-order valence-electron chi connectivity index (χ4n) is 8.93. The first-order valence-corrected chi connectivity index (χ1v) is 19.4. The van der Waals surface area contributed by atoms with Gasteiger partial charge in [-0.15, -0.1) is 0 Å². The highest BCUT2D eigenvalue weighted by molar-refractivity contribution is 5.91. The summed E-state index contributed by atoms with van der Waals surface area (Å²) in [6.07, 6.45) is -8.98. The highest BCUT2D eigenvalue weighted by atomic mass is 16.8. The fourth-order valence-corrected chi connectivity index (χ4v) is 8.93. The molecular formula is C39H63NO15. The maximum Gasteiger partial charge on any atom is 0.509 e. The Bertz CT molecular complexity index is 1430. The molecule has 0 aromatic carbocycles. The van der Waals surface area contributed by atoms with Crippen molar-refractivity contribution in [3.63, 3.8) is 0 Å². The van der Waals surface area contributed by atoms with Gasteiger partial charge < -0.3 is 53.1 Å². The van der Waals surface area contributed by atoms with E-state index >= 15 is 0 Å². The Labute approximate surface area is 324 Å². The summed E-state index contributed by atoms with van der Waals surface area (Å²) in [4.78, 5) is 66.8. The van der Waals surface area contributed by atoms with Crippen molar-refractivity contribution in [2.75, 3.05) is 14.2 Å². The molecule has 0 aromatic heterocycles. The zero-order valence-electron chi connectivity index (χ0n) is 34.6. The van der Waals surface area contributed by atoms with Crippen molar-refractivity contribution in [1.82, 2.24) is 0 Å². The second-order valence-corrected chi connectivity index (χ2v) is 16.5. The summed E-state index contributed by atoms with van der Waals surface area (Å²) in [5.41, 5.74) is 2.46. The molecule has 16 nitrogen and oxygen atoms in total.